The van der Waals surface area contributed by atoms with Crippen LogP contribution in [0.1, 0.15) is 0 Å². The Morgan fingerprint density at radius 3 is 1.05 bits per heavy atom. The summed E-state index contributed by atoms with van der Waals surface area (Å²) in [4.78, 5) is 21.3. The van der Waals surface area contributed by atoms with Crippen LogP contribution in [0.4, 0.5) is 0 Å². The van der Waals surface area contributed by atoms with E-state index >= 15 is 0 Å². The molecule has 64 heavy (non-hydrogen) atoms. The van der Waals surface area contributed by atoms with E-state index in [9.17, 15) is 0 Å². The molecule has 0 N–H and O–H groups in total. The summed E-state index contributed by atoms with van der Waals surface area (Å²) in [5, 5.41) is 11.7. The second kappa shape index (κ2) is 13.8. The minimum Gasteiger partial charge on any atom is -0.245 e. The van der Waals surface area contributed by atoms with E-state index in [1.54, 1.807) is 0 Å². The summed E-state index contributed by atoms with van der Waals surface area (Å²) in [6.45, 7) is 0. The van der Waals surface area contributed by atoms with Crippen LogP contribution in [0, 0.1) is 0 Å². The van der Waals surface area contributed by atoms with Gasteiger partial charge in [0.1, 0.15) is 0 Å². The van der Waals surface area contributed by atoms with Crippen molar-refractivity contribution < 1.29 is 0 Å². The first-order valence-electron chi connectivity index (χ1n) is 21.4. The summed E-state index contributed by atoms with van der Waals surface area (Å²) in [5.74, 6) is 0. The molecule has 8 aromatic carbocycles. The van der Waals surface area contributed by atoms with E-state index in [0.29, 0.717) is 0 Å². The number of fused-ring (bicyclic) bond motifs is 13. The molecule has 0 bridgehead atoms. The lowest BCUT2D eigenvalue weighted by molar-refractivity contribution is 1.37. The number of hydrogen-bond donors (Lipinski definition) is 0. The molecular weight excluding hydrogens is 817 g/mol. The van der Waals surface area contributed by atoms with Crippen LogP contribution in [0.15, 0.2) is 194 Å². The Hall–Kier alpha value is -7.90. The van der Waals surface area contributed by atoms with Crippen LogP contribution in [-0.4, -0.2) is 19.9 Å². The van der Waals surface area contributed by atoms with Crippen molar-refractivity contribution in [3.8, 4) is 45.0 Å². The lowest BCUT2D eigenvalue weighted by Gasteiger charge is -2.10. The first-order chi connectivity index (χ1) is 31.7. The average Bonchev–Trinajstić information content (AvgIpc) is 3.94. The SMILES string of the molecule is c1ccc2c(c1)sc1c(-c3ccc4ccc5ccc(-c6ccc7cc(-c8ccc9ccc%10ccc(-c%11cccc%12c%11sc%11ccccc%11%12)nc%10c9n8)ccc7c6)nc5c4n3)cccc12. The molecule has 0 aliphatic carbocycles. The molecule has 4 nitrogen and oxygen atoms in total. The largest absolute Gasteiger partial charge is 0.245 e. The lowest BCUT2D eigenvalue weighted by atomic mass is 10.00. The van der Waals surface area contributed by atoms with Gasteiger partial charge in [-0.15, -0.1) is 22.7 Å². The van der Waals surface area contributed by atoms with Crippen LogP contribution in [-0.2, 0) is 0 Å². The van der Waals surface area contributed by atoms with Gasteiger partial charge in [0.2, 0.25) is 0 Å². The molecule has 0 spiro atoms. The summed E-state index contributed by atoms with van der Waals surface area (Å²) in [7, 11) is 0. The summed E-state index contributed by atoms with van der Waals surface area (Å²) < 4.78 is 5.10. The fraction of sp³-hybridized carbons (Fsp3) is 0. The fourth-order valence-corrected chi connectivity index (χ4v) is 12.1. The third-order valence-corrected chi connectivity index (χ3v) is 15.3. The number of hydrogen-bond acceptors (Lipinski definition) is 6. The second-order valence-electron chi connectivity index (χ2n) is 16.5. The number of rotatable bonds is 4. The van der Waals surface area contributed by atoms with Gasteiger partial charge in [0, 0.05) is 84.1 Å². The summed E-state index contributed by atoms with van der Waals surface area (Å²) in [6.07, 6.45) is 0. The minimum atomic E-state index is 0.907. The molecule has 0 radical (unpaired) electrons. The van der Waals surface area contributed by atoms with Gasteiger partial charge in [0.25, 0.3) is 0 Å². The molecule has 6 aromatic heterocycles. The predicted molar refractivity (Wildman–Crippen MR) is 273 cm³/mol. The predicted octanol–water partition coefficient (Wildman–Crippen LogP) is 16.4. The van der Waals surface area contributed by atoms with Crippen LogP contribution in [0.5, 0.6) is 0 Å². The Morgan fingerprint density at radius 1 is 0.266 bits per heavy atom. The van der Waals surface area contributed by atoms with E-state index in [1.165, 1.54) is 40.3 Å². The van der Waals surface area contributed by atoms with Gasteiger partial charge in [-0.25, -0.2) is 19.9 Å². The standard InChI is InChI=1S/C58H32N4S2/c1-3-13-51-41(7-1)43-9-5-11-45(57(43)63-51)49-29-25-35-17-15-33-23-27-47(59-53(33)55(35)61-49)39-21-19-38-32-40(22-20-37(38)31-39)48-28-24-34-16-18-36-26-30-50(62-56(36)54(34)60-48)46-12-6-10-44-42-8-2-4-14-52(42)64-58(44)46/h1-32H. The van der Waals surface area contributed by atoms with E-state index in [-0.39, 0.29) is 0 Å². The third-order valence-electron chi connectivity index (χ3n) is 12.8. The second-order valence-corrected chi connectivity index (χ2v) is 18.6. The zero-order chi connectivity index (χ0) is 41.9. The molecule has 0 saturated heterocycles. The normalized spacial score (nSPS) is 12.1. The van der Waals surface area contributed by atoms with Crippen molar-refractivity contribution in [3.63, 3.8) is 0 Å². The van der Waals surface area contributed by atoms with Crippen molar-refractivity contribution in [1.82, 2.24) is 19.9 Å². The summed E-state index contributed by atoms with van der Waals surface area (Å²) in [6, 6.07) is 69.4. The summed E-state index contributed by atoms with van der Waals surface area (Å²) in [5.41, 5.74) is 11.8. The van der Waals surface area contributed by atoms with Crippen molar-refractivity contribution in [1.29, 1.82) is 0 Å². The molecule has 0 atom stereocenters. The molecule has 0 unspecified atom stereocenters. The molecule has 296 valence electrons. The molecule has 0 aliphatic rings. The van der Waals surface area contributed by atoms with Gasteiger partial charge in [-0.1, -0.05) is 146 Å². The third kappa shape index (κ3) is 5.53. The molecule has 0 aliphatic heterocycles. The van der Waals surface area contributed by atoms with Crippen molar-refractivity contribution in [3.05, 3.63) is 194 Å². The van der Waals surface area contributed by atoms with E-state index in [1.807, 2.05) is 22.7 Å². The molecule has 0 amide bonds. The molecule has 0 fully saturated rings. The molecule has 6 heterocycles. The van der Waals surface area contributed by atoms with Crippen molar-refractivity contribution in [2.45, 2.75) is 0 Å². The summed E-state index contributed by atoms with van der Waals surface area (Å²) >= 11 is 3.66. The molecule has 6 heteroatoms. The van der Waals surface area contributed by atoms with Crippen molar-refractivity contribution in [2.75, 3.05) is 0 Å². The zero-order valence-corrected chi connectivity index (χ0v) is 35.7. The lowest BCUT2D eigenvalue weighted by Crippen LogP contribution is -1.92. The number of aromatic nitrogens is 4. The van der Waals surface area contributed by atoms with Gasteiger partial charge in [0.15, 0.2) is 0 Å². The fourth-order valence-electron chi connectivity index (χ4n) is 9.62. The number of thiophene rings is 2. The Balaban J connectivity index is 0.826. The molecule has 0 saturated carbocycles. The highest BCUT2D eigenvalue weighted by atomic mass is 32.1. The van der Waals surface area contributed by atoms with Gasteiger partial charge in [0.05, 0.1) is 44.8 Å². The zero-order valence-electron chi connectivity index (χ0n) is 34.1. The quantitative estimate of drug-likeness (QED) is 0.166. The highest BCUT2D eigenvalue weighted by Crippen LogP contribution is 2.42. The van der Waals surface area contributed by atoms with E-state index in [2.05, 4.69) is 194 Å². The topological polar surface area (TPSA) is 51.6 Å². The van der Waals surface area contributed by atoms with Crippen molar-refractivity contribution in [2.24, 2.45) is 0 Å². The Labute approximate surface area is 374 Å². The number of nitrogens with zero attached hydrogens (tertiary/aromatic N) is 4. The first-order valence-corrected chi connectivity index (χ1v) is 23.1. The van der Waals surface area contributed by atoms with Gasteiger partial charge in [-0.05, 0) is 59.3 Å². The smallest absolute Gasteiger partial charge is 0.0972 e. The van der Waals surface area contributed by atoms with E-state index in [4.69, 9.17) is 19.9 Å². The Bertz CT molecular complexity index is 4000. The van der Waals surface area contributed by atoms with Crippen LogP contribution >= 0.6 is 22.7 Å². The first kappa shape index (κ1) is 35.7. The molecule has 14 aromatic rings. The monoisotopic (exact) mass is 848 g/mol. The van der Waals surface area contributed by atoms with Gasteiger partial charge in [-0.2, -0.15) is 0 Å². The van der Waals surface area contributed by atoms with Crippen LogP contribution in [0.2, 0.25) is 0 Å². The Morgan fingerprint density at radius 2 is 0.609 bits per heavy atom. The van der Waals surface area contributed by atoms with Gasteiger partial charge < -0.3 is 0 Å². The highest BCUT2D eigenvalue weighted by Gasteiger charge is 2.16. The van der Waals surface area contributed by atoms with E-state index in [0.717, 1.165) is 99.4 Å². The average molecular weight is 849 g/mol. The van der Waals surface area contributed by atoms with Crippen LogP contribution in [0.3, 0.4) is 0 Å². The number of pyridine rings is 4. The molecule has 14 rings (SSSR count). The maximum atomic E-state index is 5.32. The van der Waals surface area contributed by atoms with Gasteiger partial charge in [-0.3, -0.25) is 0 Å². The maximum absolute atomic E-state index is 5.32. The van der Waals surface area contributed by atoms with E-state index < -0.39 is 0 Å². The van der Waals surface area contributed by atoms with Gasteiger partial charge >= 0.3 is 0 Å². The highest BCUT2D eigenvalue weighted by molar-refractivity contribution is 7.26. The van der Waals surface area contributed by atoms with Crippen LogP contribution in [0.25, 0.3) is 140 Å². The maximum Gasteiger partial charge on any atom is 0.0972 e. The molecular formula is C58H32N4S2. The van der Waals surface area contributed by atoms with Crippen molar-refractivity contribution >= 4 is 117 Å². The minimum absolute atomic E-state index is 0.907. The Kier molecular flexibility index (Phi) is 7.69. The number of benzene rings is 8. The van der Waals surface area contributed by atoms with Crippen LogP contribution < -0.4 is 0 Å².